The van der Waals surface area contributed by atoms with E-state index in [9.17, 15) is 9.90 Å². The highest BCUT2D eigenvalue weighted by atomic mass is 16.5. The number of hydrogen-bond donors (Lipinski definition) is 3. The highest BCUT2D eigenvalue weighted by Crippen LogP contribution is 2.38. The molecule has 2 heterocycles. The summed E-state index contributed by atoms with van der Waals surface area (Å²) in [5, 5.41) is 11.9. The fourth-order valence-electron chi connectivity index (χ4n) is 2.76. The van der Waals surface area contributed by atoms with Gasteiger partial charge in [-0.2, -0.15) is 0 Å². The number of ether oxygens (including phenoxy) is 1. The Kier molecular flexibility index (Phi) is 3.40. The van der Waals surface area contributed by atoms with E-state index in [0.29, 0.717) is 23.0 Å². The predicted octanol–water partition coefficient (Wildman–Crippen LogP) is 0.808. The van der Waals surface area contributed by atoms with E-state index >= 15 is 0 Å². The van der Waals surface area contributed by atoms with E-state index in [2.05, 4.69) is 10.2 Å². The van der Waals surface area contributed by atoms with Gasteiger partial charge in [-0.05, 0) is 24.8 Å². The van der Waals surface area contributed by atoms with Gasteiger partial charge < -0.3 is 25.8 Å². The molecule has 3 rings (SSSR count). The molecule has 0 unspecified atom stereocenters. The van der Waals surface area contributed by atoms with Crippen LogP contribution >= 0.6 is 0 Å². The Hall–Kier alpha value is -1.95. The summed E-state index contributed by atoms with van der Waals surface area (Å²) in [4.78, 5) is 13.5. The summed E-state index contributed by atoms with van der Waals surface area (Å²) in [5.41, 5.74) is 8.30. The zero-order chi connectivity index (χ0) is 14.1. The number of nitrogen functional groups attached to an aromatic ring is 1. The van der Waals surface area contributed by atoms with Crippen molar-refractivity contribution in [1.82, 2.24) is 0 Å². The molecule has 1 fully saturated rings. The molecule has 0 aliphatic carbocycles. The maximum absolute atomic E-state index is 11.3. The lowest BCUT2D eigenvalue weighted by molar-refractivity contribution is -0.118. The minimum Gasteiger partial charge on any atom is -0.482 e. The average molecular weight is 277 g/mol. The second-order valence-corrected chi connectivity index (χ2v) is 5.36. The Labute approximate surface area is 117 Å². The average Bonchev–Trinajstić information content (AvgIpc) is 2.46. The Balaban J connectivity index is 1.82. The van der Waals surface area contributed by atoms with Gasteiger partial charge in [0.2, 0.25) is 0 Å². The molecule has 0 saturated carbocycles. The highest BCUT2D eigenvalue weighted by Gasteiger charge is 2.23. The van der Waals surface area contributed by atoms with Gasteiger partial charge in [0, 0.05) is 25.8 Å². The van der Waals surface area contributed by atoms with Crippen molar-refractivity contribution in [2.45, 2.75) is 12.8 Å². The van der Waals surface area contributed by atoms with Gasteiger partial charge in [0.15, 0.2) is 6.61 Å². The number of amides is 1. The number of anilines is 3. The fraction of sp³-hybridized carbons (Fsp3) is 0.500. The monoisotopic (exact) mass is 277 g/mol. The van der Waals surface area contributed by atoms with Crippen LogP contribution in [-0.2, 0) is 4.79 Å². The smallest absolute Gasteiger partial charge is 0.262 e. The molecule has 2 aliphatic heterocycles. The van der Waals surface area contributed by atoms with E-state index < -0.39 is 0 Å². The Morgan fingerprint density at radius 3 is 2.85 bits per heavy atom. The first kappa shape index (κ1) is 13.1. The summed E-state index contributed by atoms with van der Waals surface area (Å²) in [6.45, 7) is 2.05. The van der Waals surface area contributed by atoms with Crippen molar-refractivity contribution in [2.75, 3.05) is 42.3 Å². The van der Waals surface area contributed by atoms with Gasteiger partial charge in [-0.1, -0.05) is 0 Å². The summed E-state index contributed by atoms with van der Waals surface area (Å²) in [5.74, 6) is 0.895. The van der Waals surface area contributed by atoms with Crippen LogP contribution in [0.4, 0.5) is 17.1 Å². The molecule has 108 valence electrons. The second-order valence-electron chi connectivity index (χ2n) is 5.36. The molecule has 0 atom stereocenters. The van der Waals surface area contributed by atoms with Crippen LogP contribution in [-0.4, -0.2) is 37.3 Å². The van der Waals surface area contributed by atoms with Crippen LogP contribution in [0.1, 0.15) is 12.8 Å². The van der Waals surface area contributed by atoms with Crippen LogP contribution < -0.4 is 20.7 Å². The lowest BCUT2D eigenvalue weighted by Crippen LogP contribution is -2.35. The van der Waals surface area contributed by atoms with Gasteiger partial charge in [-0.25, -0.2) is 0 Å². The maximum Gasteiger partial charge on any atom is 0.262 e. The number of piperidine rings is 1. The van der Waals surface area contributed by atoms with Crippen molar-refractivity contribution in [3.05, 3.63) is 12.1 Å². The minimum atomic E-state index is -0.159. The molecule has 1 aromatic carbocycles. The molecular weight excluding hydrogens is 258 g/mol. The van der Waals surface area contributed by atoms with Gasteiger partial charge in [0.1, 0.15) is 5.75 Å². The van der Waals surface area contributed by atoms with E-state index in [1.807, 2.05) is 6.07 Å². The fourth-order valence-corrected chi connectivity index (χ4v) is 2.76. The third-order valence-corrected chi connectivity index (χ3v) is 3.98. The molecule has 1 aromatic rings. The maximum atomic E-state index is 11.3. The van der Waals surface area contributed by atoms with Crippen molar-refractivity contribution in [1.29, 1.82) is 0 Å². The molecule has 20 heavy (non-hydrogen) atoms. The zero-order valence-electron chi connectivity index (χ0n) is 11.3. The van der Waals surface area contributed by atoms with Crippen LogP contribution in [0.5, 0.6) is 5.75 Å². The molecule has 6 heteroatoms. The number of benzene rings is 1. The van der Waals surface area contributed by atoms with Gasteiger partial charge >= 0.3 is 0 Å². The molecule has 6 nitrogen and oxygen atoms in total. The first-order chi connectivity index (χ1) is 9.67. The van der Waals surface area contributed by atoms with Gasteiger partial charge in [-0.3, -0.25) is 4.79 Å². The predicted molar refractivity (Wildman–Crippen MR) is 77.0 cm³/mol. The molecule has 0 aromatic heterocycles. The summed E-state index contributed by atoms with van der Waals surface area (Å²) in [6.07, 6.45) is 1.93. The number of aliphatic hydroxyl groups is 1. The van der Waals surface area contributed by atoms with Crippen LogP contribution in [0, 0.1) is 5.92 Å². The lowest BCUT2D eigenvalue weighted by atomic mass is 9.97. The topological polar surface area (TPSA) is 87.8 Å². The Morgan fingerprint density at radius 1 is 1.40 bits per heavy atom. The molecular formula is C14H19N3O3. The molecule has 0 bridgehead atoms. The second kappa shape index (κ2) is 5.20. The lowest BCUT2D eigenvalue weighted by Gasteiger charge is -2.34. The standard InChI is InChI=1S/C14H19N3O3/c15-10-5-11-13(20-8-14(19)16-11)6-12(10)17-3-1-9(7-18)2-4-17/h5-6,9,18H,1-4,7-8,15H2,(H,16,19). The van der Waals surface area contributed by atoms with Crippen molar-refractivity contribution < 1.29 is 14.6 Å². The summed E-state index contributed by atoms with van der Waals surface area (Å²) in [7, 11) is 0. The quantitative estimate of drug-likeness (QED) is 0.696. The Morgan fingerprint density at radius 2 is 2.15 bits per heavy atom. The molecule has 1 saturated heterocycles. The van der Waals surface area contributed by atoms with Crippen LogP contribution in [0.2, 0.25) is 0 Å². The number of carbonyl (C=O) groups excluding carboxylic acids is 1. The van der Waals surface area contributed by atoms with Crippen molar-refractivity contribution in [2.24, 2.45) is 5.92 Å². The van der Waals surface area contributed by atoms with Crippen molar-refractivity contribution in [3.8, 4) is 5.75 Å². The van der Waals surface area contributed by atoms with Gasteiger partial charge in [0.05, 0.1) is 17.1 Å². The number of carbonyl (C=O) groups is 1. The normalized spacial score (nSPS) is 19.2. The molecule has 0 radical (unpaired) electrons. The van der Waals surface area contributed by atoms with Crippen LogP contribution in [0.25, 0.3) is 0 Å². The molecule has 0 spiro atoms. The number of aliphatic hydroxyl groups excluding tert-OH is 1. The Bertz CT molecular complexity index is 525. The van der Waals surface area contributed by atoms with Crippen LogP contribution in [0.3, 0.4) is 0 Å². The number of fused-ring (bicyclic) bond motifs is 1. The first-order valence-corrected chi connectivity index (χ1v) is 6.89. The van der Waals surface area contributed by atoms with Crippen molar-refractivity contribution in [3.63, 3.8) is 0 Å². The third-order valence-electron chi connectivity index (χ3n) is 3.98. The van der Waals surface area contributed by atoms with E-state index in [-0.39, 0.29) is 19.1 Å². The van der Waals surface area contributed by atoms with E-state index in [0.717, 1.165) is 31.6 Å². The highest BCUT2D eigenvalue weighted by molar-refractivity contribution is 5.97. The zero-order valence-corrected chi connectivity index (χ0v) is 11.3. The summed E-state index contributed by atoms with van der Waals surface area (Å²) in [6, 6.07) is 3.64. The first-order valence-electron chi connectivity index (χ1n) is 6.89. The van der Waals surface area contributed by atoms with E-state index in [1.54, 1.807) is 6.07 Å². The van der Waals surface area contributed by atoms with Gasteiger partial charge in [0.25, 0.3) is 5.91 Å². The van der Waals surface area contributed by atoms with E-state index in [4.69, 9.17) is 10.5 Å². The minimum absolute atomic E-state index is 0.0446. The summed E-state index contributed by atoms with van der Waals surface area (Å²) < 4.78 is 5.43. The number of hydrogen-bond acceptors (Lipinski definition) is 5. The third kappa shape index (κ3) is 2.38. The number of nitrogens with two attached hydrogens (primary N) is 1. The number of nitrogens with zero attached hydrogens (tertiary/aromatic N) is 1. The summed E-state index contributed by atoms with van der Waals surface area (Å²) >= 11 is 0. The SMILES string of the molecule is Nc1cc2c(cc1N1CCC(CO)CC1)OCC(=O)N2. The molecule has 2 aliphatic rings. The largest absolute Gasteiger partial charge is 0.482 e. The number of nitrogens with one attached hydrogen (secondary N) is 1. The van der Waals surface area contributed by atoms with Crippen molar-refractivity contribution >= 4 is 23.0 Å². The molecule has 4 N–H and O–H groups in total. The molecule has 1 amide bonds. The van der Waals surface area contributed by atoms with Crippen LogP contribution in [0.15, 0.2) is 12.1 Å². The van der Waals surface area contributed by atoms with Gasteiger partial charge in [-0.15, -0.1) is 0 Å². The number of rotatable bonds is 2. The van der Waals surface area contributed by atoms with E-state index in [1.165, 1.54) is 0 Å².